The molecule has 0 atom stereocenters. The Kier molecular flexibility index (Phi) is 3.91. The Bertz CT molecular complexity index is 874. The Balaban J connectivity index is 1.95. The largest absolute Gasteiger partial charge is 0.402 e. The molecule has 0 unspecified atom stereocenters. The fourth-order valence-electron chi connectivity index (χ4n) is 2.04. The number of aliphatic imine (C=N–C) groups is 1. The summed E-state index contributed by atoms with van der Waals surface area (Å²) in [7, 11) is 0. The number of halogens is 1. The Morgan fingerprint density at radius 3 is 2.70 bits per heavy atom. The molecule has 114 valence electrons. The summed E-state index contributed by atoms with van der Waals surface area (Å²) >= 11 is 5.89. The van der Waals surface area contributed by atoms with Gasteiger partial charge < -0.3 is 4.74 Å². The minimum Gasteiger partial charge on any atom is -0.402 e. The average Bonchev–Trinajstić information content (AvgIpc) is 2.88. The third kappa shape index (κ3) is 3.27. The van der Waals surface area contributed by atoms with E-state index in [0.717, 1.165) is 0 Å². The number of non-ortho nitro benzene ring substituents is 1. The molecule has 0 amide bonds. The fourth-order valence-corrected chi connectivity index (χ4v) is 2.24. The van der Waals surface area contributed by atoms with Gasteiger partial charge >= 0.3 is 5.97 Å². The van der Waals surface area contributed by atoms with E-state index in [-0.39, 0.29) is 17.3 Å². The minimum absolute atomic E-state index is 0.0342. The van der Waals surface area contributed by atoms with Crippen LogP contribution < -0.4 is 0 Å². The van der Waals surface area contributed by atoms with Crippen molar-refractivity contribution >= 4 is 35.2 Å². The van der Waals surface area contributed by atoms with Crippen LogP contribution in [0.3, 0.4) is 0 Å². The third-order valence-corrected chi connectivity index (χ3v) is 3.31. The molecule has 1 aliphatic rings. The number of hydrogen-bond donors (Lipinski definition) is 0. The molecule has 0 spiro atoms. The lowest BCUT2D eigenvalue weighted by molar-refractivity contribution is -0.384. The second kappa shape index (κ2) is 6.02. The van der Waals surface area contributed by atoms with Gasteiger partial charge in [0.2, 0.25) is 5.90 Å². The van der Waals surface area contributed by atoms with E-state index in [2.05, 4.69) is 4.99 Å². The normalized spacial score (nSPS) is 15.4. The van der Waals surface area contributed by atoms with Gasteiger partial charge in [0.05, 0.1) is 4.92 Å². The van der Waals surface area contributed by atoms with Crippen molar-refractivity contribution in [3.05, 3.63) is 80.5 Å². The lowest BCUT2D eigenvalue weighted by Crippen LogP contribution is -2.05. The maximum atomic E-state index is 11.9. The number of nitrogens with zero attached hydrogens (tertiary/aromatic N) is 2. The summed E-state index contributed by atoms with van der Waals surface area (Å²) in [5, 5.41) is 11.3. The van der Waals surface area contributed by atoms with Crippen LogP contribution in [0.1, 0.15) is 11.1 Å². The van der Waals surface area contributed by atoms with Crippen molar-refractivity contribution in [3.8, 4) is 0 Å². The first-order valence-electron chi connectivity index (χ1n) is 6.56. The average molecular weight is 329 g/mol. The van der Waals surface area contributed by atoms with E-state index in [1.54, 1.807) is 36.4 Å². The number of benzene rings is 2. The molecular formula is C16H9ClN2O4. The fraction of sp³-hybridized carbons (Fsp3) is 0. The van der Waals surface area contributed by atoms with Crippen LogP contribution in [0.5, 0.6) is 0 Å². The van der Waals surface area contributed by atoms with E-state index in [9.17, 15) is 14.9 Å². The van der Waals surface area contributed by atoms with E-state index in [4.69, 9.17) is 16.3 Å². The zero-order valence-electron chi connectivity index (χ0n) is 11.6. The summed E-state index contributed by atoms with van der Waals surface area (Å²) in [6.07, 6.45) is 1.54. The van der Waals surface area contributed by atoms with Gasteiger partial charge in [0.15, 0.2) is 5.70 Å². The quantitative estimate of drug-likeness (QED) is 0.373. The van der Waals surface area contributed by atoms with E-state index in [1.165, 1.54) is 18.2 Å². The maximum absolute atomic E-state index is 11.9. The highest BCUT2D eigenvalue weighted by Gasteiger charge is 2.25. The Labute approximate surface area is 135 Å². The summed E-state index contributed by atoms with van der Waals surface area (Å²) in [4.78, 5) is 26.3. The number of hydrogen-bond acceptors (Lipinski definition) is 5. The lowest BCUT2D eigenvalue weighted by atomic mass is 10.2. The first-order chi connectivity index (χ1) is 11.0. The second-order valence-corrected chi connectivity index (χ2v) is 5.13. The summed E-state index contributed by atoms with van der Waals surface area (Å²) < 4.78 is 5.08. The predicted molar refractivity (Wildman–Crippen MR) is 85.2 cm³/mol. The number of nitro groups is 1. The molecule has 3 rings (SSSR count). The van der Waals surface area contributed by atoms with Crippen molar-refractivity contribution in [2.75, 3.05) is 0 Å². The number of cyclic esters (lactones) is 1. The molecule has 2 aromatic rings. The zero-order chi connectivity index (χ0) is 16.4. The topological polar surface area (TPSA) is 81.8 Å². The van der Waals surface area contributed by atoms with Crippen LogP contribution in [0, 0.1) is 10.1 Å². The first kappa shape index (κ1) is 14.9. The summed E-state index contributed by atoms with van der Waals surface area (Å²) in [5.41, 5.74) is 1.07. The number of rotatable bonds is 3. The molecule has 0 fully saturated rings. The standard InChI is InChI=1S/C16H9ClN2O4/c17-12-5-1-3-10(7-12)8-14-16(20)23-15(18-14)11-4-2-6-13(9-11)19(21)22/h1-9H. The Morgan fingerprint density at radius 2 is 1.96 bits per heavy atom. The number of carbonyl (C=O) groups is 1. The molecule has 1 heterocycles. The molecule has 0 aromatic heterocycles. The number of carbonyl (C=O) groups excluding carboxylic acids is 1. The summed E-state index contributed by atoms with van der Waals surface area (Å²) in [5.74, 6) is -0.585. The van der Waals surface area contributed by atoms with Gasteiger partial charge in [-0.3, -0.25) is 10.1 Å². The second-order valence-electron chi connectivity index (χ2n) is 4.70. The predicted octanol–water partition coefficient (Wildman–Crippen LogP) is 3.59. The third-order valence-electron chi connectivity index (χ3n) is 3.08. The minimum atomic E-state index is -0.619. The molecule has 23 heavy (non-hydrogen) atoms. The number of ether oxygens (including phenoxy) is 1. The molecular weight excluding hydrogens is 320 g/mol. The number of nitro benzene ring substituents is 1. The van der Waals surface area contributed by atoms with Crippen molar-refractivity contribution in [1.29, 1.82) is 0 Å². The van der Waals surface area contributed by atoms with Crippen LogP contribution in [-0.2, 0) is 9.53 Å². The molecule has 0 aliphatic carbocycles. The molecule has 2 aromatic carbocycles. The van der Waals surface area contributed by atoms with E-state index >= 15 is 0 Å². The van der Waals surface area contributed by atoms with Crippen molar-refractivity contribution < 1.29 is 14.5 Å². The highest BCUT2D eigenvalue weighted by molar-refractivity contribution is 6.30. The monoisotopic (exact) mass is 328 g/mol. The Morgan fingerprint density at radius 1 is 1.17 bits per heavy atom. The van der Waals surface area contributed by atoms with Crippen molar-refractivity contribution in [3.63, 3.8) is 0 Å². The van der Waals surface area contributed by atoms with Gasteiger partial charge in [-0.1, -0.05) is 29.8 Å². The van der Waals surface area contributed by atoms with Gasteiger partial charge in [-0.05, 0) is 29.8 Å². The summed E-state index contributed by atoms with van der Waals surface area (Å²) in [6, 6.07) is 12.7. The van der Waals surface area contributed by atoms with Crippen LogP contribution in [0.4, 0.5) is 5.69 Å². The molecule has 1 aliphatic heterocycles. The first-order valence-corrected chi connectivity index (χ1v) is 6.94. The van der Waals surface area contributed by atoms with Crippen molar-refractivity contribution in [2.45, 2.75) is 0 Å². The molecule has 6 nitrogen and oxygen atoms in total. The highest BCUT2D eigenvalue weighted by atomic mass is 35.5. The van der Waals surface area contributed by atoms with Gasteiger partial charge in [-0.15, -0.1) is 0 Å². The number of esters is 1. The van der Waals surface area contributed by atoms with Crippen molar-refractivity contribution in [2.24, 2.45) is 4.99 Å². The van der Waals surface area contributed by atoms with Crippen LogP contribution in [0.15, 0.2) is 59.2 Å². The van der Waals surface area contributed by atoms with Crippen LogP contribution in [0.25, 0.3) is 6.08 Å². The van der Waals surface area contributed by atoms with Gasteiger partial charge in [0.1, 0.15) is 0 Å². The molecule has 0 radical (unpaired) electrons. The van der Waals surface area contributed by atoms with Crippen molar-refractivity contribution in [1.82, 2.24) is 0 Å². The zero-order valence-corrected chi connectivity index (χ0v) is 12.4. The highest BCUT2D eigenvalue weighted by Crippen LogP contribution is 2.22. The molecule has 0 saturated heterocycles. The van der Waals surface area contributed by atoms with E-state index in [0.29, 0.717) is 16.1 Å². The molecule has 0 bridgehead atoms. The SMILES string of the molecule is O=C1OC(c2cccc([N+](=O)[O-])c2)=NC1=Cc1cccc(Cl)c1. The van der Waals surface area contributed by atoms with Gasteiger partial charge in [-0.2, -0.15) is 0 Å². The van der Waals surface area contributed by atoms with Gasteiger partial charge in [0.25, 0.3) is 5.69 Å². The maximum Gasteiger partial charge on any atom is 0.363 e. The van der Waals surface area contributed by atoms with Crippen LogP contribution in [0.2, 0.25) is 5.02 Å². The smallest absolute Gasteiger partial charge is 0.363 e. The Hall–Kier alpha value is -2.99. The lowest BCUT2D eigenvalue weighted by Gasteiger charge is -1.98. The van der Waals surface area contributed by atoms with Crippen LogP contribution >= 0.6 is 11.6 Å². The molecule has 7 heteroatoms. The van der Waals surface area contributed by atoms with E-state index in [1.807, 2.05) is 0 Å². The van der Waals surface area contributed by atoms with Gasteiger partial charge in [0, 0.05) is 22.7 Å². The van der Waals surface area contributed by atoms with Crippen LogP contribution in [-0.4, -0.2) is 16.8 Å². The summed E-state index contributed by atoms with van der Waals surface area (Å²) in [6.45, 7) is 0. The van der Waals surface area contributed by atoms with Gasteiger partial charge in [-0.25, -0.2) is 9.79 Å². The van der Waals surface area contributed by atoms with E-state index < -0.39 is 10.9 Å². The molecule has 0 N–H and O–H groups in total. The molecule has 0 saturated carbocycles.